The predicted molar refractivity (Wildman–Crippen MR) is 227 cm³/mol. The normalized spacial score (nSPS) is 16.8. The van der Waals surface area contributed by atoms with Gasteiger partial charge in [0.15, 0.2) is 23.0 Å². The number of hydrogen-bond donors (Lipinski definition) is 3. The molecule has 0 bridgehead atoms. The van der Waals surface area contributed by atoms with Gasteiger partial charge in [-0.25, -0.2) is 4.79 Å². The van der Waals surface area contributed by atoms with Crippen LogP contribution in [0, 0.1) is 0 Å². The van der Waals surface area contributed by atoms with Gasteiger partial charge in [0, 0.05) is 89.2 Å². The van der Waals surface area contributed by atoms with E-state index in [1.807, 2.05) is 58.3 Å². The van der Waals surface area contributed by atoms with Gasteiger partial charge in [0.05, 0.1) is 19.3 Å². The summed E-state index contributed by atoms with van der Waals surface area (Å²) in [5, 5.41) is 23.5. The maximum Gasteiger partial charge on any atom is 0.410 e. The zero-order valence-corrected chi connectivity index (χ0v) is 36.9. The Morgan fingerprint density at radius 1 is 0.776 bits per heavy atom. The van der Waals surface area contributed by atoms with Crippen molar-refractivity contribution in [2.45, 2.75) is 117 Å². The first-order chi connectivity index (χ1) is 27.1. The van der Waals surface area contributed by atoms with Crippen molar-refractivity contribution in [2.24, 2.45) is 0 Å². The highest BCUT2D eigenvalue weighted by atomic mass is 35.5. The second kappa shape index (κ2) is 24.8. The van der Waals surface area contributed by atoms with Crippen LogP contribution in [-0.4, -0.2) is 139 Å². The molecule has 0 unspecified atom stereocenters. The van der Waals surface area contributed by atoms with E-state index in [1.165, 1.54) is 12.1 Å². The molecule has 0 radical (unpaired) electrons. The van der Waals surface area contributed by atoms with E-state index >= 15 is 0 Å². The quantitative estimate of drug-likeness (QED) is 0.151. The van der Waals surface area contributed by atoms with Gasteiger partial charge in [0.25, 0.3) is 11.8 Å². The topological polar surface area (TPSA) is 160 Å². The summed E-state index contributed by atoms with van der Waals surface area (Å²) in [5.74, 6) is 0.471. The van der Waals surface area contributed by atoms with Crippen LogP contribution in [0.5, 0.6) is 23.0 Å². The molecule has 2 aromatic rings. The number of benzene rings is 2. The first-order valence-electron chi connectivity index (χ1n) is 20.3. The Morgan fingerprint density at radius 3 is 1.69 bits per heavy atom. The van der Waals surface area contributed by atoms with E-state index in [-0.39, 0.29) is 71.7 Å². The number of halogens is 1. The lowest BCUT2D eigenvalue weighted by Gasteiger charge is -2.41. The fourth-order valence-corrected chi connectivity index (χ4v) is 6.98. The van der Waals surface area contributed by atoms with Crippen LogP contribution in [0.3, 0.4) is 0 Å². The number of aromatic hydroxyl groups is 2. The van der Waals surface area contributed by atoms with Gasteiger partial charge in [0.1, 0.15) is 5.60 Å². The van der Waals surface area contributed by atoms with Gasteiger partial charge >= 0.3 is 6.09 Å². The predicted octanol–water partition coefficient (Wildman–Crippen LogP) is 6.89. The van der Waals surface area contributed by atoms with Crippen molar-refractivity contribution in [3.63, 3.8) is 0 Å². The number of ether oxygens (including phenoxy) is 5. The summed E-state index contributed by atoms with van der Waals surface area (Å²) >= 11 is 0. The standard InChI is InChI=1S/C24H38N2O6.C19H30N2O4.ClH/c1-17(2)26(19-9-7-12-25(16-19)23(29)32-24(3,4)5)22(28)18-10-11-20(27)21(15-18)31-14-8-13-30-6;1-14(2)21(16-6-4-9-20-13-16)19(23)15-7-8-17(22)18(12-15)25-11-5-10-24-3;/h10-11,15,17,19,27H,7-9,12-14,16H2,1-6H3;7-8,12,14,16,20,22H,4-6,9-11,13H2,1-3H3;1H/t19-;16-;/m11./s1. The lowest BCUT2D eigenvalue weighted by molar-refractivity contribution is 0.00751. The molecule has 3 N–H and O–H groups in total. The number of likely N-dealkylation sites (tertiary alicyclic amines) is 1. The third-order valence-corrected chi connectivity index (χ3v) is 9.60. The number of carbonyl (C=O) groups is 3. The number of methoxy groups -OCH3 is 2. The molecule has 14 nitrogen and oxygen atoms in total. The van der Waals surface area contributed by atoms with Crippen molar-refractivity contribution in [2.75, 3.05) is 66.8 Å². The van der Waals surface area contributed by atoms with E-state index in [4.69, 9.17) is 23.7 Å². The largest absolute Gasteiger partial charge is 0.504 e. The van der Waals surface area contributed by atoms with Gasteiger partial charge < -0.3 is 53.9 Å². The molecule has 328 valence electrons. The Bertz CT molecular complexity index is 1560. The molecule has 2 heterocycles. The van der Waals surface area contributed by atoms with Crippen molar-refractivity contribution in [1.82, 2.24) is 20.0 Å². The summed E-state index contributed by atoms with van der Waals surface area (Å²) in [5.41, 5.74) is 0.412. The molecule has 0 aromatic heterocycles. The summed E-state index contributed by atoms with van der Waals surface area (Å²) < 4.78 is 26.8. The first-order valence-corrected chi connectivity index (χ1v) is 20.3. The number of carbonyl (C=O) groups excluding carboxylic acids is 3. The number of hydrogen-bond acceptors (Lipinski definition) is 11. The summed E-state index contributed by atoms with van der Waals surface area (Å²) in [7, 11) is 3.25. The van der Waals surface area contributed by atoms with Gasteiger partial charge in [0.2, 0.25) is 0 Å². The van der Waals surface area contributed by atoms with E-state index in [0.717, 1.165) is 45.2 Å². The fraction of sp³-hybridized carbons (Fsp3) is 0.651. The van der Waals surface area contributed by atoms with Gasteiger partial charge in [-0.05, 0) is 117 Å². The molecule has 2 saturated heterocycles. The minimum Gasteiger partial charge on any atom is -0.504 e. The molecule has 58 heavy (non-hydrogen) atoms. The van der Waals surface area contributed by atoms with E-state index in [0.29, 0.717) is 62.8 Å². The summed E-state index contributed by atoms with van der Waals surface area (Å²) in [6.07, 6.45) is 4.73. The van der Waals surface area contributed by atoms with Crippen molar-refractivity contribution < 1.29 is 48.3 Å². The van der Waals surface area contributed by atoms with Crippen molar-refractivity contribution in [1.29, 1.82) is 0 Å². The van der Waals surface area contributed by atoms with Crippen LogP contribution >= 0.6 is 12.4 Å². The van der Waals surface area contributed by atoms with Gasteiger partial charge in [-0.15, -0.1) is 12.4 Å². The minimum absolute atomic E-state index is 0. The molecule has 3 amide bonds. The molecule has 0 saturated carbocycles. The third-order valence-electron chi connectivity index (χ3n) is 9.60. The Balaban J connectivity index is 0.000000405. The third kappa shape index (κ3) is 15.6. The monoisotopic (exact) mass is 836 g/mol. The Hall–Kier alpha value is -3.98. The molecule has 0 spiro atoms. The van der Waals surface area contributed by atoms with Crippen LogP contribution in [0.25, 0.3) is 0 Å². The molecule has 2 fully saturated rings. The first kappa shape index (κ1) is 50.2. The van der Waals surface area contributed by atoms with Crippen LogP contribution in [0.1, 0.15) is 108 Å². The Morgan fingerprint density at radius 2 is 1.26 bits per heavy atom. The lowest BCUT2D eigenvalue weighted by atomic mass is 10.0. The van der Waals surface area contributed by atoms with Crippen LogP contribution in [0.2, 0.25) is 0 Å². The van der Waals surface area contributed by atoms with Crippen molar-refractivity contribution >= 4 is 30.3 Å². The second-order valence-corrected chi connectivity index (χ2v) is 16.1. The maximum atomic E-state index is 13.5. The van der Waals surface area contributed by atoms with E-state index < -0.39 is 5.60 Å². The molecule has 15 heteroatoms. The highest BCUT2D eigenvalue weighted by Gasteiger charge is 2.35. The molecule has 4 rings (SSSR count). The van der Waals surface area contributed by atoms with Crippen LogP contribution in [0.15, 0.2) is 36.4 Å². The number of phenolic OH excluding ortho intramolecular Hbond substituents is 2. The smallest absolute Gasteiger partial charge is 0.410 e. The molecule has 2 aromatic carbocycles. The fourth-order valence-electron chi connectivity index (χ4n) is 6.98. The summed E-state index contributed by atoms with van der Waals surface area (Å²) in [4.78, 5) is 44.5. The van der Waals surface area contributed by atoms with Gasteiger partial charge in [-0.3, -0.25) is 9.59 Å². The molecule has 2 atom stereocenters. The molecule has 2 aliphatic rings. The number of rotatable bonds is 16. The van der Waals surface area contributed by atoms with Crippen LogP contribution in [0.4, 0.5) is 4.79 Å². The summed E-state index contributed by atoms with van der Waals surface area (Å²) in [6, 6.07) is 9.59. The molecular formula is C43H69ClN4O10. The van der Waals surface area contributed by atoms with E-state index in [2.05, 4.69) is 5.32 Å². The van der Waals surface area contributed by atoms with Gasteiger partial charge in [-0.1, -0.05) is 0 Å². The number of nitrogens with zero attached hydrogens (tertiary/aromatic N) is 3. The highest BCUT2D eigenvalue weighted by Crippen LogP contribution is 2.31. The van der Waals surface area contributed by atoms with E-state index in [1.54, 1.807) is 43.4 Å². The average Bonchev–Trinajstić information content (AvgIpc) is 3.16. The number of nitrogens with one attached hydrogen (secondary N) is 1. The van der Waals surface area contributed by atoms with Crippen molar-refractivity contribution in [3.05, 3.63) is 47.5 Å². The SMILES string of the molecule is COCCCOc1cc(C(=O)N(C(C)C)[C@@H]2CCCN(C(=O)OC(C)(C)C)C2)ccc1O.COCCCOc1cc(C(=O)N(C(C)C)[C@@H]2CCCNC2)ccc1O.Cl. The van der Waals surface area contributed by atoms with Gasteiger partial charge in [-0.2, -0.15) is 0 Å². The molecule has 2 aliphatic heterocycles. The van der Waals surface area contributed by atoms with Crippen LogP contribution < -0.4 is 14.8 Å². The maximum absolute atomic E-state index is 13.5. The Labute approximate surface area is 351 Å². The van der Waals surface area contributed by atoms with Crippen molar-refractivity contribution in [3.8, 4) is 23.0 Å². The Kier molecular flexibility index (Phi) is 21.5. The number of phenols is 2. The minimum atomic E-state index is -0.566. The zero-order chi connectivity index (χ0) is 42.1. The summed E-state index contributed by atoms with van der Waals surface area (Å²) in [6.45, 7) is 18.4. The lowest BCUT2D eigenvalue weighted by Crippen LogP contribution is -2.54. The zero-order valence-electron chi connectivity index (χ0n) is 36.1. The number of amides is 3. The highest BCUT2D eigenvalue weighted by molar-refractivity contribution is 5.96. The number of piperidine rings is 2. The second-order valence-electron chi connectivity index (χ2n) is 16.1. The molecule has 0 aliphatic carbocycles. The van der Waals surface area contributed by atoms with E-state index in [9.17, 15) is 24.6 Å². The average molecular weight is 837 g/mol. The van der Waals surface area contributed by atoms with Crippen LogP contribution in [-0.2, 0) is 14.2 Å². The molecular weight excluding hydrogens is 768 g/mol.